The predicted octanol–water partition coefficient (Wildman–Crippen LogP) is 3.89. The summed E-state index contributed by atoms with van der Waals surface area (Å²) < 4.78 is 0. The fourth-order valence-corrected chi connectivity index (χ4v) is 2.10. The summed E-state index contributed by atoms with van der Waals surface area (Å²) in [4.78, 5) is 2.06. The van der Waals surface area contributed by atoms with Gasteiger partial charge in [0.25, 0.3) is 0 Å². The van der Waals surface area contributed by atoms with Gasteiger partial charge >= 0.3 is 0 Å². The quantitative estimate of drug-likeness (QED) is 0.926. The fourth-order valence-electron chi connectivity index (χ4n) is 1.85. The third kappa shape index (κ3) is 3.43. The molecule has 0 spiro atoms. The third-order valence-electron chi connectivity index (χ3n) is 3.03. The van der Waals surface area contributed by atoms with Crippen molar-refractivity contribution < 1.29 is 0 Å². The van der Waals surface area contributed by atoms with Crippen molar-refractivity contribution >= 4 is 23.0 Å². The van der Waals surface area contributed by atoms with E-state index in [2.05, 4.69) is 28.4 Å². The van der Waals surface area contributed by atoms with Gasteiger partial charge in [0.1, 0.15) is 0 Å². The van der Waals surface area contributed by atoms with Crippen LogP contribution in [0.2, 0.25) is 5.02 Å². The van der Waals surface area contributed by atoms with Gasteiger partial charge in [-0.2, -0.15) is 5.26 Å². The molecule has 0 bridgehead atoms. The number of rotatable bonds is 4. The molecule has 0 amide bonds. The van der Waals surface area contributed by atoms with Gasteiger partial charge in [-0.3, -0.25) is 0 Å². The zero-order valence-corrected chi connectivity index (χ0v) is 12.3. The van der Waals surface area contributed by atoms with E-state index in [9.17, 15) is 0 Å². The van der Waals surface area contributed by atoms with E-state index in [1.807, 2.05) is 32.3 Å². The Bertz CT molecular complexity index is 644. The number of halogens is 1. The number of benzene rings is 2. The van der Waals surface area contributed by atoms with Gasteiger partial charge in [-0.15, -0.1) is 0 Å². The molecule has 0 heterocycles. The normalized spacial score (nSPS) is 9.90. The Labute approximate surface area is 124 Å². The van der Waals surface area contributed by atoms with E-state index in [0.29, 0.717) is 17.1 Å². The summed E-state index contributed by atoms with van der Waals surface area (Å²) in [7, 11) is 4.02. The summed E-state index contributed by atoms with van der Waals surface area (Å²) in [5, 5.41) is 12.8. The van der Waals surface area contributed by atoms with Crippen LogP contribution < -0.4 is 10.2 Å². The summed E-state index contributed by atoms with van der Waals surface area (Å²) >= 11 is 6.16. The highest BCUT2D eigenvalue weighted by Gasteiger charge is 2.03. The van der Waals surface area contributed by atoms with E-state index in [-0.39, 0.29) is 0 Å². The summed E-state index contributed by atoms with van der Waals surface area (Å²) in [6, 6.07) is 15.6. The van der Waals surface area contributed by atoms with Crippen LogP contribution in [0.3, 0.4) is 0 Å². The van der Waals surface area contributed by atoms with Gasteiger partial charge < -0.3 is 10.2 Å². The van der Waals surface area contributed by atoms with Crippen LogP contribution in [0.25, 0.3) is 0 Å². The van der Waals surface area contributed by atoms with E-state index in [0.717, 1.165) is 16.9 Å². The number of nitrogens with zero attached hydrogens (tertiary/aromatic N) is 2. The molecule has 2 aromatic carbocycles. The van der Waals surface area contributed by atoms with Gasteiger partial charge in [0.05, 0.1) is 11.6 Å². The lowest BCUT2D eigenvalue weighted by Crippen LogP contribution is -2.09. The third-order valence-corrected chi connectivity index (χ3v) is 3.38. The molecular weight excluding hydrogens is 270 g/mol. The van der Waals surface area contributed by atoms with Crippen LogP contribution in [-0.2, 0) is 6.54 Å². The molecule has 0 fully saturated rings. The summed E-state index contributed by atoms with van der Waals surface area (Å²) in [5.41, 5.74) is 3.73. The Morgan fingerprint density at radius 1 is 1.20 bits per heavy atom. The molecule has 0 saturated carbocycles. The highest BCUT2D eigenvalue weighted by molar-refractivity contribution is 6.31. The number of anilines is 2. The van der Waals surface area contributed by atoms with E-state index < -0.39 is 0 Å². The maximum absolute atomic E-state index is 8.81. The molecule has 20 heavy (non-hydrogen) atoms. The highest BCUT2D eigenvalue weighted by atomic mass is 35.5. The molecule has 0 aliphatic rings. The zero-order valence-electron chi connectivity index (χ0n) is 11.5. The number of hydrogen-bond acceptors (Lipinski definition) is 3. The molecule has 2 rings (SSSR count). The van der Waals surface area contributed by atoms with Crippen molar-refractivity contribution in [3.8, 4) is 6.07 Å². The van der Waals surface area contributed by atoms with Crippen LogP contribution in [0, 0.1) is 11.3 Å². The number of nitrogens with one attached hydrogen (secondary N) is 1. The van der Waals surface area contributed by atoms with E-state index in [1.54, 1.807) is 12.1 Å². The molecule has 3 nitrogen and oxygen atoms in total. The van der Waals surface area contributed by atoms with Crippen LogP contribution in [0.15, 0.2) is 42.5 Å². The molecule has 1 N–H and O–H groups in total. The Hall–Kier alpha value is -2.18. The van der Waals surface area contributed by atoms with Crippen molar-refractivity contribution in [2.45, 2.75) is 6.54 Å². The first-order valence-corrected chi connectivity index (χ1v) is 6.68. The molecule has 0 aromatic heterocycles. The smallest absolute Gasteiger partial charge is 0.0992 e. The van der Waals surface area contributed by atoms with Gasteiger partial charge in [0.2, 0.25) is 0 Å². The van der Waals surface area contributed by atoms with E-state index in [1.165, 1.54) is 0 Å². The van der Waals surface area contributed by atoms with Crippen LogP contribution >= 0.6 is 11.6 Å². The maximum atomic E-state index is 8.81. The topological polar surface area (TPSA) is 39.1 Å². The standard InChI is InChI=1S/C16H16ClN3/c1-20(2)15-5-3-4-14(9-15)19-11-13-7-6-12(10-18)8-16(13)17/h3-9,19H,11H2,1-2H3. The van der Waals surface area contributed by atoms with Crippen molar-refractivity contribution in [3.05, 3.63) is 58.6 Å². The van der Waals surface area contributed by atoms with Crippen molar-refractivity contribution in [3.63, 3.8) is 0 Å². The Kier molecular flexibility index (Phi) is 4.49. The van der Waals surface area contributed by atoms with Gasteiger partial charge in [-0.1, -0.05) is 23.7 Å². The van der Waals surface area contributed by atoms with E-state index >= 15 is 0 Å². The molecule has 0 saturated heterocycles. The van der Waals surface area contributed by atoms with Crippen molar-refractivity contribution in [1.82, 2.24) is 0 Å². The van der Waals surface area contributed by atoms with Crippen LogP contribution in [0.4, 0.5) is 11.4 Å². The van der Waals surface area contributed by atoms with Gasteiger partial charge in [-0.05, 0) is 35.9 Å². The lowest BCUT2D eigenvalue weighted by molar-refractivity contribution is 1.12. The second-order valence-electron chi connectivity index (χ2n) is 4.72. The second-order valence-corrected chi connectivity index (χ2v) is 5.12. The van der Waals surface area contributed by atoms with Gasteiger partial charge in [0.15, 0.2) is 0 Å². The second kappa shape index (κ2) is 6.31. The monoisotopic (exact) mass is 285 g/mol. The molecule has 0 unspecified atom stereocenters. The molecular formula is C16H16ClN3. The highest BCUT2D eigenvalue weighted by Crippen LogP contribution is 2.21. The molecule has 102 valence electrons. The van der Waals surface area contributed by atoms with Crippen LogP contribution in [-0.4, -0.2) is 14.1 Å². The lowest BCUT2D eigenvalue weighted by Gasteiger charge is -2.14. The Morgan fingerprint density at radius 3 is 2.65 bits per heavy atom. The molecule has 0 radical (unpaired) electrons. The first-order chi connectivity index (χ1) is 9.60. The SMILES string of the molecule is CN(C)c1cccc(NCc2ccc(C#N)cc2Cl)c1. The Balaban J connectivity index is 2.09. The van der Waals surface area contributed by atoms with Gasteiger partial charge in [0, 0.05) is 37.0 Å². The maximum Gasteiger partial charge on any atom is 0.0992 e. The van der Waals surface area contributed by atoms with Crippen LogP contribution in [0.5, 0.6) is 0 Å². The summed E-state index contributed by atoms with van der Waals surface area (Å²) in [5.74, 6) is 0. The molecule has 2 aromatic rings. The molecule has 0 aliphatic heterocycles. The lowest BCUT2D eigenvalue weighted by atomic mass is 10.1. The predicted molar refractivity (Wildman–Crippen MR) is 84.3 cm³/mol. The first-order valence-electron chi connectivity index (χ1n) is 6.30. The fraction of sp³-hybridized carbons (Fsp3) is 0.188. The largest absolute Gasteiger partial charge is 0.381 e. The average molecular weight is 286 g/mol. The zero-order chi connectivity index (χ0) is 14.5. The number of nitriles is 1. The number of hydrogen-bond donors (Lipinski definition) is 1. The molecule has 0 aliphatic carbocycles. The minimum absolute atomic E-state index is 0.577. The van der Waals surface area contributed by atoms with Crippen molar-refractivity contribution in [2.24, 2.45) is 0 Å². The van der Waals surface area contributed by atoms with Crippen LogP contribution in [0.1, 0.15) is 11.1 Å². The van der Waals surface area contributed by atoms with Gasteiger partial charge in [-0.25, -0.2) is 0 Å². The van der Waals surface area contributed by atoms with Crippen molar-refractivity contribution in [2.75, 3.05) is 24.3 Å². The average Bonchev–Trinajstić information content (AvgIpc) is 2.46. The van der Waals surface area contributed by atoms with Crippen molar-refractivity contribution in [1.29, 1.82) is 5.26 Å². The minimum Gasteiger partial charge on any atom is -0.381 e. The summed E-state index contributed by atoms with van der Waals surface area (Å²) in [6.07, 6.45) is 0. The molecule has 4 heteroatoms. The molecule has 0 atom stereocenters. The minimum atomic E-state index is 0.577. The first kappa shape index (κ1) is 14.2. The Morgan fingerprint density at radius 2 is 2.00 bits per heavy atom. The summed E-state index contributed by atoms with van der Waals surface area (Å²) in [6.45, 7) is 0.626. The van der Waals surface area contributed by atoms with E-state index in [4.69, 9.17) is 16.9 Å².